The Morgan fingerprint density at radius 1 is 0.852 bits per heavy atom. The second kappa shape index (κ2) is 16.6. The largest absolute Gasteiger partial charge is 0.375 e. The second-order valence-corrected chi connectivity index (χ2v) is 16.6. The van der Waals surface area contributed by atoms with Gasteiger partial charge < -0.3 is 10.2 Å². The van der Waals surface area contributed by atoms with Crippen molar-refractivity contribution in [1.82, 2.24) is 13.9 Å². The van der Waals surface area contributed by atoms with E-state index in [0.29, 0.717) is 11.6 Å². The molecule has 2 aliphatic heterocycles. The van der Waals surface area contributed by atoms with Crippen LogP contribution in [0.15, 0.2) is 131 Å². The highest BCUT2D eigenvalue weighted by Crippen LogP contribution is 2.32. The van der Waals surface area contributed by atoms with Crippen molar-refractivity contribution >= 4 is 56.5 Å². The summed E-state index contributed by atoms with van der Waals surface area (Å²) in [7, 11) is -4.40. The number of rotatable bonds is 12. The Kier molecular flexibility index (Phi) is 11.5. The lowest BCUT2D eigenvalue weighted by molar-refractivity contribution is -0.384. The summed E-state index contributed by atoms with van der Waals surface area (Å²) in [4.78, 5) is 29.9. The van der Waals surface area contributed by atoms with Crippen LogP contribution in [0.1, 0.15) is 22.3 Å². The molecule has 0 radical (unpaired) electrons. The molecule has 0 saturated carbocycles. The minimum atomic E-state index is -4.40. The van der Waals surface area contributed by atoms with Gasteiger partial charge in [-0.05, 0) is 95.7 Å². The van der Waals surface area contributed by atoms with E-state index >= 15 is 0 Å². The van der Waals surface area contributed by atoms with Gasteiger partial charge in [-0.15, -0.1) is 0 Å². The molecule has 2 aliphatic rings. The smallest absolute Gasteiger partial charge is 0.293 e. The Morgan fingerprint density at radius 3 is 2.28 bits per heavy atom. The first kappa shape index (κ1) is 37.4. The molecule has 2 heterocycles. The number of hydrogen-bond donors (Lipinski definition) is 2. The third-order valence-electron chi connectivity index (χ3n) is 9.63. The molecule has 0 aromatic heterocycles. The van der Waals surface area contributed by atoms with Crippen LogP contribution in [-0.4, -0.2) is 73.8 Å². The number of hydrogen-bond acceptors (Lipinski definition) is 10. The number of amides is 1. The SMILES string of the molecule is O=C(NS(=O)(=O)c1ccc(NC2CCN(Sc3ccccc3)C2)c([N+](=O)[O-])c1)c1ccc(N2CCN(Cc3ccccc3-c3ccc(Cl)cc3)CC2)cc1. The van der Waals surface area contributed by atoms with Gasteiger partial charge in [0.15, 0.2) is 0 Å². The average molecular weight is 783 g/mol. The maximum Gasteiger partial charge on any atom is 0.293 e. The number of nitro benzene ring substituents is 1. The molecule has 0 bridgehead atoms. The van der Waals surface area contributed by atoms with Crippen molar-refractivity contribution in [1.29, 1.82) is 0 Å². The molecule has 0 spiro atoms. The van der Waals surface area contributed by atoms with Gasteiger partial charge in [-0.1, -0.05) is 66.2 Å². The number of benzene rings is 5. The van der Waals surface area contributed by atoms with E-state index < -0.39 is 20.9 Å². The standard InChI is InChI=1S/C40H39ClN6O5S2/c41-32-14-10-29(11-15-32)37-9-5-4-6-31(37)27-44-22-24-45(25-23-44)34-16-12-30(13-17-34)40(48)43-54(51,52)36-18-19-38(39(26-36)47(49)50)42-33-20-21-46(28-33)53-35-7-2-1-3-8-35/h1-19,26,33,42H,20-25,27-28H2,(H,43,48). The van der Waals surface area contributed by atoms with Gasteiger partial charge in [0.25, 0.3) is 21.6 Å². The zero-order valence-electron chi connectivity index (χ0n) is 29.3. The van der Waals surface area contributed by atoms with Crippen LogP contribution in [-0.2, 0) is 16.6 Å². The Balaban J connectivity index is 0.934. The van der Waals surface area contributed by atoms with Crippen molar-refractivity contribution in [3.8, 4) is 11.1 Å². The Labute approximate surface area is 324 Å². The van der Waals surface area contributed by atoms with Gasteiger partial charge in [0.05, 0.1) is 9.82 Å². The molecule has 1 amide bonds. The lowest BCUT2D eigenvalue weighted by Gasteiger charge is -2.36. The van der Waals surface area contributed by atoms with Crippen LogP contribution >= 0.6 is 23.5 Å². The van der Waals surface area contributed by atoms with Crippen LogP contribution in [0.25, 0.3) is 11.1 Å². The van der Waals surface area contributed by atoms with E-state index in [1.54, 1.807) is 36.2 Å². The first-order valence-corrected chi connectivity index (χ1v) is 20.3. The number of sulfonamides is 1. The number of nitrogens with one attached hydrogen (secondary N) is 2. The van der Waals surface area contributed by atoms with Crippen molar-refractivity contribution in [2.75, 3.05) is 49.5 Å². The molecule has 7 rings (SSSR count). The molecular weight excluding hydrogens is 744 g/mol. The lowest BCUT2D eigenvalue weighted by Crippen LogP contribution is -2.46. The molecule has 14 heteroatoms. The number of nitro groups is 1. The number of carbonyl (C=O) groups is 1. The summed E-state index contributed by atoms with van der Waals surface area (Å²) in [6.07, 6.45) is 0.767. The third-order valence-corrected chi connectivity index (χ3v) is 12.3. The highest BCUT2D eigenvalue weighted by atomic mass is 35.5. The summed E-state index contributed by atoms with van der Waals surface area (Å²) in [6.45, 7) is 5.54. The Hall–Kier alpha value is -4.92. The van der Waals surface area contributed by atoms with Gasteiger partial charge >= 0.3 is 0 Å². The quantitative estimate of drug-likeness (QED) is 0.0744. The average Bonchev–Trinajstić information content (AvgIpc) is 3.62. The molecule has 54 heavy (non-hydrogen) atoms. The number of carbonyl (C=O) groups excluding carboxylic acids is 1. The summed E-state index contributed by atoms with van der Waals surface area (Å²) < 4.78 is 30.8. The second-order valence-electron chi connectivity index (χ2n) is 13.3. The maximum absolute atomic E-state index is 13.3. The fourth-order valence-corrected chi connectivity index (χ4v) is 8.92. The summed E-state index contributed by atoms with van der Waals surface area (Å²) in [5.41, 5.74) is 4.49. The van der Waals surface area contributed by atoms with E-state index in [1.807, 2.05) is 60.7 Å². The van der Waals surface area contributed by atoms with E-state index in [2.05, 4.69) is 42.3 Å². The summed E-state index contributed by atoms with van der Waals surface area (Å²) in [6, 6.07) is 36.6. The van der Waals surface area contributed by atoms with Crippen molar-refractivity contribution in [3.05, 3.63) is 148 Å². The van der Waals surface area contributed by atoms with Crippen LogP contribution in [0.4, 0.5) is 17.1 Å². The van der Waals surface area contributed by atoms with Gasteiger partial charge in [-0.2, -0.15) is 0 Å². The first-order chi connectivity index (χ1) is 26.1. The monoisotopic (exact) mass is 782 g/mol. The maximum atomic E-state index is 13.3. The van der Waals surface area contributed by atoms with E-state index in [-0.39, 0.29) is 27.9 Å². The molecule has 1 atom stereocenters. The molecule has 2 fully saturated rings. The third kappa shape index (κ3) is 9.05. The van der Waals surface area contributed by atoms with Crippen molar-refractivity contribution in [2.24, 2.45) is 0 Å². The summed E-state index contributed by atoms with van der Waals surface area (Å²) in [5.74, 6) is -0.822. The molecule has 0 aliphatic carbocycles. The fourth-order valence-electron chi connectivity index (χ4n) is 6.77. The van der Waals surface area contributed by atoms with E-state index in [1.165, 1.54) is 23.3 Å². The minimum Gasteiger partial charge on any atom is -0.375 e. The number of anilines is 2. The molecule has 5 aromatic rings. The van der Waals surface area contributed by atoms with Crippen molar-refractivity contribution in [2.45, 2.75) is 28.8 Å². The van der Waals surface area contributed by atoms with Crippen molar-refractivity contribution in [3.63, 3.8) is 0 Å². The van der Waals surface area contributed by atoms with E-state index in [9.17, 15) is 23.3 Å². The number of piperazine rings is 1. The zero-order chi connectivity index (χ0) is 37.7. The predicted octanol–water partition coefficient (Wildman–Crippen LogP) is 7.55. The molecule has 2 N–H and O–H groups in total. The highest BCUT2D eigenvalue weighted by Gasteiger charge is 2.28. The van der Waals surface area contributed by atoms with Gasteiger partial charge in [0.1, 0.15) is 5.69 Å². The van der Waals surface area contributed by atoms with Crippen LogP contribution in [0.3, 0.4) is 0 Å². The van der Waals surface area contributed by atoms with Gasteiger partial charge in [0, 0.05) is 79.1 Å². The van der Waals surface area contributed by atoms with Crippen molar-refractivity contribution < 1.29 is 18.1 Å². The first-order valence-electron chi connectivity index (χ1n) is 17.6. The van der Waals surface area contributed by atoms with E-state index in [0.717, 1.165) is 67.9 Å². The number of halogens is 1. The van der Waals surface area contributed by atoms with Crippen LogP contribution in [0.5, 0.6) is 0 Å². The Bertz CT molecular complexity index is 2220. The van der Waals surface area contributed by atoms with Crippen LogP contribution in [0, 0.1) is 10.1 Å². The molecule has 278 valence electrons. The molecule has 1 unspecified atom stereocenters. The minimum absolute atomic E-state index is 0.0582. The molecular formula is C40H39ClN6O5S2. The van der Waals surface area contributed by atoms with Gasteiger partial charge in [-0.25, -0.2) is 17.4 Å². The zero-order valence-corrected chi connectivity index (χ0v) is 31.7. The molecule has 5 aromatic carbocycles. The predicted molar refractivity (Wildman–Crippen MR) is 214 cm³/mol. The topological polar surface area (TPSA) is 128 Å². The highest BCUT2D eigenvalue weighted by molar-refractivity contribution is 7.97. The fraction of sp³-hybridized carbons (Fsp3) is 0.225. The normalized spacial score (nSPS) is 16.6. The van der Waals surface area contributed by atoms with E-state index in [4.69, 9.17) is 11.6 Å². The Morgan fingerprint density at radius 2 is 1.56 bits per heavy atom. The van der Waals surface area contributed by atoms with Crippen LogP contribution < -0.4 is 14.9 Å². The molecule has 11 nitrogen and oxygen atoms in total. The van der Waals surface area contributed by atoms with Gasteiger partial charge in [0.2, 0.25) is 0 Å². The van der Waals surface area contributed by atoms with Gasteiger partial charge in [-0.3, -0.25) is 19.8 Å². The summed E-state index contributed by atoms with van der Waals surface area (Å²) >= 11 is 7.73. The van der Waals surface area contributed by atoms with Crippen LogP contribution in [0.2, 0.25) is 5.02 Å². The molecule has 2 saturated heterocycles. The summed E-state index contributed by atoms with van der Waals surface area (Å²) in [5, 5.41) is 15.9. The number of nitrogens with zero attached hydrogens (tertiary/aromatic N) is 4. The lowest BCUT2D eigenvalue weighted by atomic mass is 9.99.